The van der Waals surface area contributed by atoms with E-state index in [1.165, 1.54) is 24.2 Å². The Balaban J connectivity index is 1.84. The molecule has 1 saturated heterocycles. The maximum absolute atomic E-state index is 12.1. The van der Waals surface area contributed by atoms with Crippen LogP contribution in [0.1, 0.15) is 47.0 Å². The molecule has 0 aromatic heterocycles. The van der Waals surface area contributed by atoms with Crippen molar-refractivity contribution in [2.45, 2.75) is 58.5 Å². The summed E-state index contributed by atoms with van der Waals surface area (Å²) in [5.74, 6) is 1.20. The first-order chi connectivity index (χ1) is 9.33. The van der Waals surface area contributed by atoms with Crippen molar-refractivity contribution in [3.8, 4) is 0 Å². The summed E-state index contributed by atoms with van der Waals surface area (Å²) in [7, 11) is 0. The molecule has 0 spiro atoms. The van der Waals surface area contributed by atoms with Gasteiger partial charge in [-0.05, 0) is 38.5 Å². The van der Waals surface area contributed by atoms with E-state index in [-0.39, 0.29) is 11.9 Å². The minimum absolute atomic E-state index is 0.131. The molecule has 2 rings (SSSR count). The fourth-order valence-electron chi connectivity index (χ4n) is 3.45. The summed E-state index contributed by atoms with van der Waals surface area (Å²) >= 11 is 0. The normalized spacial score (nSPS) is 30.7. The standard InChI is InChI=1S/C15H27N3O2/c1-10-6-5-7-11(2)12(10)16-8-9-18-13(19)15(3,4)17-14(18)20/h10-12,16H,5-9H2,1-4H3,(H,17,20)/t10-,11-/m0/s1. The number of hydrogen-bond donors (Lipinski definition) is 2. The molecule has 114 valence electrons. The molecule has 0 aromatic carbocycles. The van der Waals surface area contributed by atoms with Crippen LogP contribution in [0.15, 0.2) is 0 Å². The molecule has 0 unspecified atom stereocenters. The highest BCUT2D eigenvalue weighted by molar-refractivity contribution is 6.06. The number of carbonyl (C=O) groups is 2. The van der Waals surface area contributed by atoms with Crippen LogP contribution in [0.2, 0.25) is 0 Å². The van der Waals surface area contributed by atoms with Crippen molar-refractivity contribution >= 4 is 11.9 Å². The average molecular weight is 281 g/mol. The smallest absolute Gasteiger partial charge is 0.324 e. The van der Waals surface area contributed by atoms with Gasteiger partial charge in [0, 0.05) is 19.1 Å². The zero-order valence-corrected chi connectivity index (χ0v) is 13.0. The van der Waals surface area contributed by atoms with E-state index in [0.29, 0.717) is 31.0 Å². The second-order valence-electron chi connectivity index (χ2n) is 6.88. The number of carbonyl (C=O) groups excluding carboxylic acids is 2. The van der Waals surface area contributed by atoms with Crippen molar-refractivity contribution < 1.29 is 9.59 Å². The van der Waals surface area contributed by atoms with Gasteiger partial charge >= 0.3 is 6.03 Å². The van der Waals surface area contributed by atoms with Gasteiger partial charge in [-0.3, -0.25) is 9.69 Å². The largest absolute Gasteiger partial charge is 0.325 e. The minimum atomic E-state index is -0.761. The molecule has 2 fully saturated rings. The third-order valence-corrected chi connectivity index (χ3v) is 4.70. The predicted molar refractivity (Wildman–Crippen MR) is 78.3 cm³/mol. The molecule has 3 amide bonds. The zero-order valence-electron chi connectivity index (χ0n) is 13.0. The summed E-state index contributed by atoms with van der Waals surface area (Å²) < 4.78 is 0. The summed E-state index contributed by atoms with van der Waals surface area (Å²) in [6.07, 6.45) is 3.83. The summed E-state index contributed by atoms with van der Waals surface area (Å²) in [5, 5.41) is 6.25. The van der Waals surface area contributed by atoms with Crippen molar-refractivity contribution in [3.63, 3.8) is 0 Å². The monoisotopic (exact) mass is 281 g/mol. The van der Waals surface area contributed by atoms with E-state index < -0.39 is 5.54 Å². The molecule has 0 radical (unpaired) electrons. The quantitative estimate of drug-likeness (QED) is 0.772. The molecule has 0 aromatic rings. The van der Waals surface area contributed by atoms with E-state index in [9.17, 15) is 9.59 Å². The van der Waals surface area contributed by atoms with Gasteiger partial charge in [0.15, 0.2) is 0 Å². The van der Waals surface area contributed by atoms with E-state index in [0.717, 1.165) is 0 Å². The summed E-state index contributed by atoms with van der Waals surface area (Å²) in [6, 6.07) is 0.226. The molecular weight excluding hydrogens is 254 g/mol. The fraction of sp³-hybridized carbons (Fsp3) is 0.867. The molecule has 2 N–H and O–H groups in total. The van der Waals surface area contributed by atoms with E-state index >= 15 is 0 Å². The molecule has 2 atom stereocenters. The van der Waals surface area contributed by atoms with Crippen LogP contribution < -0.4 is 10.6 Å². The molecule has 1 aliphatic carbocycles. The van der Waals surface area contributed by atoms with Gasteiger partial charge in [0.2, 0.25) is 0 Å². The van der Waals surface area contributed by atoms with Gasteiger partial charge in [-0.25, -0.2) is 4.79 Å². The molecule has 20 heavy (non-hydrogen) atoms. The van der Waals surface area contributed by atoms with Gasteiger partial charge in [0.1, 0.15) is 5.54 Å². The number of hydrogen-bond acceptors (Lipinski definition) is 3. The van der Waals surface area contributed by atoms with Crippen molar-refractivity contribution in [2.75, 3.05) is 13.1 Å². The summed E-state index contributed by atoms with van der Waals surface area (Å²) in [5.41, 5.74) is -0.761. The van der Waals surface area contributed by atoms with E-state index in [2.05, 4.69) is 24.5 Å². The van der Waals surface area contributed by atoms with Crippen LogP contribution in [0.5, 0.6) is 0 Å². The molecular formula is C15H27N3O2. The number of nitrogens with zero attached hydrogens (tertiary/aromatic N) is 1. The number of rotatable bonds is 4. The lowest BCUT2D eigenvalue weighted by molar-refractivity contribution is -0.130. The van der Waals surface area contributed by atoms with Crippen LogP contribution in [0.25, 0.3) is 0 Å². The predicted octanol–water partition coefficient (Wildman–Crippen LogP) is 1.73. The van der Waals surface area contributed by atoms with Crippen molar-refractivity contribution in [1.82, 2.24) is 15.5 Å². The minimum Gasteiger partial charge on any atom is -0.324 e. The first-order valence-corrected chi connectivity index (χ1v) is 7.70. The molecule has 1 heterocycles. The Hall–Kier alpha value is -1.10. The molecule has 2 aliphatic rings. The van der Waals surface area contributed by atoms with E-state index in [1.807, 2.05) is 0 Å². The Morgan fingerprint density at radius 3 is 2.35 bits per heavy atom. The third kappa shape index (κ3) is 2.97. The first-order valence-electron chi connectivity index (χ1n) is 7.70. The van der Waals surface area contributed by atoms with Gasteiger partial charge in [0.25, 0.3) is 5.91 Å². The topological polar surface area (TPSA) is 61.4 Å². The lowest BCUT2D eigenvalue weighted by atomic mass is 9.79. The lowest BCUT2D eigenvalue weighted by Crippen LogP contribution is -2.47. The highest BCUT2D eigenvalue weighted by Crippen LogP contribution is 2.28. The van der Waals surface area contributed by atoms with Gasteiger partial charge in [-0.2, -0.15) is 0 Å². The number of urea groups is 1. The van der Waals surface area contributed by atoms with Crippen molar-refractivity contribution in [1.29, 1.82) is 0 Å². The summed E-state index contributed by atoms with van der Waals surface area (Å²) in [6.45, 7) is 9.17. The Kier molecular flexibility index (Phi) is 4.37. The van der Waals surface area contributed by atoms with Crippen LogP contribution in [-0.4, -0.2) is 41.5 Å². The van der Waals surface area contributed by atoms with E-state index in [4.69, 9.17) is 0 Å². The second-order valence-corrected chi connectivity index (χ2v) is 6.88. The molecule has 5 heteroatoms. The van der Waals surface area contributed by atoms with Gasteiger partial charge < -0.3 is 10.6 Å². The Morgan fingerprint density at radius 2 is 1.85 bits per heavy atom. The van der Waals surface area contributed by atoms with Crippen molar-refractivity contribution in [3.05, 3.63) is 0 Å². The maximum Gasteiger partial charge on any atom is 0.325 e. The van der Waals surface area contributed by atoms with E-state index in [1.54, 1.807) is 13.8 Å². The highest BCUT2D eigenvalue weighted by atomic mass is 16.2. The lowest BCUT2D eigenvalue weighted by Gasteiger charge is -2.35. The third-order valence-electron chi connectivity index (χ3n) is 4.70. The number of imide groups is 1. The Morgan fingerprint density at radius 1 is 1.25 bits per heavy atom. The Bertz CT molecular complexity index is 385. The summed E-state index contributed by atoms with van der Waals surface area (Å²) in [4.78, 5) is 25.2. The van der Waals surface area contributed by atoms with Crippen LogP contribution in [0.3, 0.4) is 0 Å². The Labute approximate surface area is 121 Å². The molecule has 1 aliphatic heterocycles. The van der Waals surface area contributed by atoms with Crippen LogP contribution in [-0.2, 0) is 4.79 Å². The van der Waals surface area contributed by atoms with Gasteiger partial charge in [-0.1, -0.05) is 20.3 Å². The fourth-order valence-corrected chi connectivity index (χ4v) is 3.45. The number of nitrogens with one attached hydrogen (secondary N) is 2. The highest BCUT2D eigenvalue weighted by Gasteiger charge is 2.43. The van der Waals surface area contributed by atoms with Crippen LogP contribution >= 0.6 is 0 Å². The zero-order chi connectivity index (χ0) is 14.9. The second kappa shape index (κ2) is 5.72. The first kappa shape index (κ1) is 15.3. The van der Waals surface area contributed by atoms with Gasteiger partial charge in [0.05, 0.1) is 0 Å². The molecule has 0 bridgehead atoms. The van der Waals surface area contributed by atoms with Crippen molar-refractivity contribution in [2.24, 2.45) is 11.8 Å². The SMILES string of the molecule is C[C@H]1CCC[C@H](C)C1NCCN1C(=O)NC(C)(C)C1=O. The molecule has 5 nitrogen and oxygen atoms in total. The van der Waals surface area contributed by atoms with Gasteiger partial charge in [-0.15, -0.1) is 0 Å². The number of amides is 3. The average Bonchev–Trinajstić information content (AvgIpc) is 2.54. The molecule has 1 saturated carbocycles. The van der Waals surface area contributed by atoms with Crippen LogP contribution in [0.4, 0.5) is 4.79 Å². The maximum atomic E-state index is 12.1. The van der Waals surface area contributed by atoms with Crippen LogP contribution in [0, 0.1) is 11.8 Å².